The summed E-state index contributed by atoms with van der Waals surface area (Å²) in [4.78, 5) is 18.6. The molecule has 96 valence electrons. The number of aromatic nitrogens is 1. The number of nitrogens with zero attached hydrogens (tertiary/aromatic N) is 2. The van der Waals surface area contributed by atoms with Crippen LogP contribution in [0.1, 0.15) is 34.8 Å². The van der Waals surface area contributed by atoms with E-state index in [2.05, 4.69) is 4.98 Å². The minimum atomic E-state index is 0.125. The van der Waals surface area contributed by atoms with E-state index in [-0.39, 0.29) is 11.9 Å². The van der Waals surface area contributed by atoms with E-state index in [0.29, 0.717) is 0 Å². The molecule has 2 aromatic rings. The summed E-state index contributed by atoms with van der Waals surface area (Å²) in [6, 6.07) is 13.7. The molecule has 19 heavy (non-hydrogen) atoms. The van der Waals surface area contributed by atoms with Crippen molar-refractivity contribution in [1.82, 2.24) is 9.88 Å². The van der Waals surface area contributed by atoms with Gasteiger partial charge in [-0.2, -0.15) is 0 Å². The SMILES string of the molecule is O=C(c1ccccc1)N1CCC[C@@H]1c1ccncc1. The predicted molar refractivity (Wildman–Crippen MR) is 73.7 cm³/mol. The van der Waals surface area contributed by atoms with Gasteiger partial charge in [-0.15, -0.1) is 0 Å². The average molecular weight is 252 g/mol. The minimum Gasteiger partial charge on any atom is -0.332 e. The topological polar surface area (TPSA) is 33.2 Å². The first kappa shape index (κ1) is 11.9. The molecule has 0 bridgehead atoms. The smallest absolute Gasteiger partial charge is 0.254 e. The normalized spacial score (nSPS) is 18.5. The molecule has 1 saturated heterocycles. The van der Waals surface area contributed by atoms with Crippen LogP contribution in [0.2, 0.25) is 0 Å². The zero-order valence-electron chi connectivity index (χ0n) is 10.7. The number of carbonyl (C=O) groups is 1. The van der Waals surface area contributed by atoms with Crippen molar-refractivity contribution < 1.29 is 4.79 Å². The second-order valence-corrected chi connectivity index (χ2v) is 4.80. The highest BCUT2D eigenvalue weighted by atomic mass is 16.2. The summed E-state index contributed by atoms with van der Waals surface area (Å²) in [5, 5.41) is 0. The molecule has 1 aliphatic rings. The summed E-state index contributed by atoms with van der Waals surface area (Å²) < 4.78 is 0. The molecule has 3 heteroatoms. The van der Waals surface area contributed by atoms with Gasteiger partial charge in [0.25, 0.3) is 5.91 Å². The fraction of sp³-hybridized carbons (Fsp3) is 0.250. The van der Waals surface area contributed by atoms with Crippen molar-refractivity contribution in [2.45, 2.75) is 18.9 Å². The quantitative estimate of drug-likeness (QED) is 0.823. The molecule has 0 radical (unpaired) electrons. The van der Waals surface area contributed by atoms with Crippen molar-refractivity contribution in [2.75, 3.05) is 6.54 Å². The number of rotatable bonds is 2. The average Bonchev–Trinajstić information content (AvgIpc) is 2.98. The van der Waals surface area contributed by atoms with Gasteiger partial charge in [0.15, 0.2) is 0 Å². The highest BCUT2D eigenvalue weighted by molar-refractivity contribution is 5.94. The van der Waals surface area contributed by atoms with Crippen molar-refractivity contribution >= 4 is 5.91 Å². The maximum atomic E-state index is 12.5. The van der Waals surface area contributed by atoms with Crippen LogP contribution in [0.5, 0.6) is 0 Å². The third kappa shape index (κ3) is 2.36. The van der Waals surface area contributed by atoms with E-state index in [4.69, 9.17) is 0 Å². The van der Waals surface area contributed by atoms with Crippen LogP contribution < -0.4 is 0 Å². The lowest BCUT2D eigenvalue weighted by Gasteiger charge is -2.25. The van der Waals surface area contributed by atoms with E-state index in [9.17, 15) is 4.79 Å². The Hall–Kier alpha value is -2.16. The van der Waals surface area contributed by atoms with Crippen molar-refractivity contribution in [3.8, 4) is 0 Å². The van der Waals surface area contributed by atoms with Crippen LogP contribution in [0.25, 0.3) is 0 Å². The fourth-order valence-corrected chi connectivity index (χ4v) is 2.69. The summed E-state index contributed by atoms with van der Waals surface area (Å²) in [6.07, 6.45) is 5.67. The van der Waals surface area contributed by atoms with Gasteiger partial charge >= 0.3 is 0 Å². The van der Waals surface area contributed by atoms with Gasteiger partial charge in [0.2, 0.25) is 0 Å². The van der Waals surface area contributed by atoms with Crippen LogP contribution in [0.4, 0.5) is 0 Å². The van der Waals surface area contributed by atoms with Crippen LogP contribution in [0, 0.1) is 0 Å². The molecule has 0 saturated carbocycles. The van der Waals surface area contributed by atoms with Crippen molar-refractivity contribution in [3.63, 3.8) is 0 Å². The molecular formula is C16H16N2O. The van der Waals surface area contributed by atoms with Crippen molar-refractivity contribution in [2.24, 2.45) is 0 Å². The Morgan fingerprint density at radius 1 is 1.11 bits per heavy atom. The molecule has 1 amide bonds. The Balaban J connectivity index is 1.86. The number of amides is 1. The van der Waals surface area contributed by atoms with E-state index in [1.807, 2.05) is 47.4 Å². The second-order valence-electron chi connectivity index (χ2n) is 4.80. The maximum Gasteiger partial charge on any atom is 0.254 e. The second kappa shape index (κ2) is 5.22. The molecule has 1 aliphatic heterocycles. The number of likely N-dealkylation sites (tertiary alicyclic amines) is 1. The molecule has 1 atom stereocenters. The monoisotopic (exact) mass is 252 g/mol. The first-order chi connectivity index (χ1) is 9.36. The maximum absolute atomic E-state index is 12.5. The predicted octanol–water partition coefficient (Wildman–Crippen LogP) is 3.06. The Morgan fingerprint density at radius 3 is 2.58 bits per heavy atom. The van der Waals surface area contributed by atoms with Crippen LogP contribution in [0.15, 0.2) is 54.9 Å². The first-order valence-corrected chi connectivity index (χ1v) is 6.62. The summed E-state index contributed by atoms with van der Waals surface area (Å²) in [7, 11) is 0. The molecule has 0 spiro atoms. The lowest BCUT2D eigenvalue weighted by molar-refractivity contribution is 0.0735. The van der Waals surface area contributed by atoms with E-state index in [1.54, 1.807) is 12.4 Å². The molecule has 1 aromatic heterocycles. The van der Waals surface area contributed by atoms with Gasteiger partial charge in [0, 0.05) is 24.5 Å². The van der Waals surface area contributed by atoms with Crippen LogP contribution >= 0.6 is 0 Å². The summed E-state index contributed by atoms with van der Waals surface area (Å²) in [6.45, 7) is 0.834. The van der Waals surface area contributed by atoms with Gasteiger partial charge in [-0.3, -0.25) is 9.78 Å². The van der Waals surface area contributed by atoms with Gasteiger partial charge in [0.05, 0.1) is 6.04 Å². The zero-order valence-corrected chi connectivity index (χ0v) is 10.7. The third-order valence-electron chi connectivity index (χ3n) is 3.63. The summed E-state index contributed by atoms with van der Waals surface area (Å²) >= 11 is 0. The summed E-state index contributed by atoms with van der Waals surface area (Å²) in [5.41, 5.74) is 1.94. The molecular weight excluding hydrogens is 236 g/mol. The molecule has 3 nitrogen and oxygen atoms in total. The molecule has 0 aliphatic carbocycles. The Bertz CT molecular complexity index is 553. The van der Waals surface area contributed by atoms with Crippen LogP contribution in [-0.4, -0.2) is 22.3 Å². The number of carbonyl (C=O) groups excluding carboxylic acids is 1. The van der Waals surface area contributed by atoms with E-state index in [1.165, 1.54) is 5.56 Å². The summed E-state index contributed by atoms with van der Waals surface area (Å²) in [5.74, 6) is 0.125. The van der Waals surface area contributed by atoms with E-state index >= 15 is 0 Å². The standard InChI is InChI=1S/C16H16N2O/c19-16(14-5-2-1-3-6-14)18-12-4-7-15(18)13-8-10-17-11-9-13/h1-3,5-6,8-11,15H,4,7,12H2/t15-/m1/s1. The lowest BCUT2D eigenvalue weighted by atomic mass is 10.1. The number of benzene rings is 1. The molecule has 0 N–H and O–H groups in total. The Kier molecular flexibility index (Phi) is 3.27. The molecule has 2 heterocycles. The van der Waals surface area contributed by atoms with E-state index in [0.717, 1.165) is 24.9 Å². The number of pyridine rings is 1. The van der Waals surface area contributed by atoms with Gasteiger partial charge in [-0.1, -0.05) is 18.2 Å². The van der Waals surface area contributed by atoms with Crippen molar-refractivity contribution in [3.05, 3.63) is 66.0 Å². The van der Waals surface area contributed by atoms with E-state index < -0.39 is 0 Å². The Labute approximate surface area is 112 Å². The molecule has 0 unspecified atom stereocenters. The highest BCUT2D eigenvalue weighted by Crippen LogP contribution is 2.32. The molecule has 1 aromatic carbocycles. The van der Waals surface area contributed by atoms with Crippen molar-refractivity contribution in [1.29, 1.82) is 0 Å². The Morgan fingerprint density at radius 2 is 1.84 bits per heavy atom. The number of hydrogen-bond donors (Lipinski definition) is 0. The highest BCUT2D eigenvalue weighted by Gasteiger charge is 2.30. The fourth-order valence-electron chi connectivity index (χ4n) is 2.69. The first-order valence-electron chi connectivity index (χ1n) is 6.62. The largest absolute Gasteiger partial charge is 0.332 e. The third-order valence-corrected chi connectivity index (χ3v) is 3.63. The minimum absolute atomic E-state index is 0.125. The zero-order chi connectivity index (χ0) is 13.1. The van der Waals surface area contributed by atoms with Crippen LogP contribution in [0.3, 0.4) is 0 Å². The van der Waals surface area contributed by atoms with Gasteiger partial charge in [-0.25, -0.2) is 0 Å². The molecule has 3 rings (SSSR count). The number of hydrogen-bond acceptors (Lipinski definition) is 2. The van der Waals surface area contributed by atoms with Crippen LogP contribution in [-0.2, 0) is 0 Å². The van der Waals surface area contributed by atoms with Gasteiger partial charge in [-0.05, 0) is 42.7 Å². The lowest BCUT2D eigenvalue weighted by Crippen LogP contribution is -2.30. The van der Waals surface area contributed by atoms with Gasteiger partial charge in [0.1, 0.15) is 0 Å². The molecule has 1 fully saturated rings. The van der Waals surface area contributed by atoms with Gasteiger partial charge < -0.3 is 4.90 Å².